The van der Waals surface area contributed by atoms with Crippen LogP contribution >= 0.6 is 15.9 Å². The van der Waals surface area contributed by atoms with E-state index < -0.39 is 42.4 Å². The van der Waals surface area contributed by atoms with E-state index in [1.807, 2.05) is 0 Å². The van der Waals surface area contributed by atoms with Crippen molar-refractivity contribution in [2.24, 2.45) is 5.14 Å². The summed E-state index contributed by atoms with van der Waals surface area (Å²) in [5.41, 5.74) is -0.0601. The second-order valence-corrected chi connectivity index (χ2v) is 9.50. The van der Waals surface area contributed by atoms with Crippen LogP contribution < -0.4 is 14.6 Å². The van der Waals surface area contributed by atoms with Crippen molar-refractivity contribution in [2.75, 3.05) is 13.3 Å². The average molecular weight is 495 g/mol. The molecule has 0 aliphatic rings. The number of rotatable bonds is 8. The van der Waals surface area contributed by atoms with Crippen LogP contribution in [0.3, 0.4) is 0 Å². The molecule has 152 valence electrons. The topological polar surface area (TPSA) is 133 Å². The zero-order chi connectivity index (χ0) is 20.9. The number of ether oxygens (including phenoxy) is 1. The highest BCUT2D eigenvalue weighted by Crippen LogP contribution is 2.27. The number of carbonyl (C=O) groups excluding carboxylic acids is 1. The normalized spacial score (nSPS) is 11.8. The van der Waals surface area contributed by atoms with E-state index in [0.717, 1.165) is 12.1 Å². The van der Waals surface area contributed by atoms with Gasteiger partial charge in [0.2, 0.25) is 10.0 Å². The van der Waals surface area contributed by atoms with Gasteiger partial charge in [-0.1, -0.05) is 12.1 Å². The van der Waals surface area contributed by atoms with Crippen molar-refractivity contribution in [2.45, 2.75) is 16.2 Å². The number of benzene rings is 2. The third kappa shape index (κ3) is 5.50. The van der Waals surface area contributed by atoms with Crippen molar-refractivity contribution in [3.63, 3.8) is 0 Å². The largest absolute Gasteiger partial charge is 0.492 e. The van der Waals surface area contributed by atoms with E-state index in [0.29, 0.717) is 4.47 Å². The molecule has 0 fully saturated rings. The molecule has 0 aliphatic carbocycles. The van der Waals surface area contributed by atoms with E-state index in [4.69, 9.17) is 9.88 Å². The Kier molecular flexibility index (Phi) is 7.15. The minimum atomic E-state index is -4.53. The Bertz CT molecular complexity index is 1090. The zero-order valence-electron chi connectivity index (χ0n) is 14.3. The van der Waals surface area contributed by atoms with Gasteiger partial charge in [-0.25, -0.2) is 26.7 Å². The predicted octanol–water partition coefficient (Wildman–Crippen LogP) is 1.95. The number of nitrogens with two attached hydrogens (primary N) is 1. The second kappa shape index (κ2) is 8.99. The molecule has 0 unspecified atom stereocenters. The van der Waals surface area contributed by atoms with E-state index in [-0.39, 0.29) is 24.3 Å². The standard InChI is InChI=1S/C16H16BrFN2O6S2/c17-12-7-6-11(10-13(12)26-9-3-8-18)16(21)20-28(24,25)15-5-2-1-4-14(15)27(19,22)23/h1-2,4-7,10H,3,8-9H2,(H,20,21)(H2,19,22,23). The zero-order valence-corrected chi connectivity index (χ0v) is 17.5. The SMILES string of the molecule is NS(=O)(=O)c1ccccc1S(=O)(=O)NC(=O)c1ccc(Br)c(OCCCF)c1. The van der Waals surface area contributed by atoms with Crippen molar-refractivity contribution in [1.82, 2.24) is 4.72 Å². The number of hydrogen-bond acceptors (Lipinski definition) is 6. The third-order valence-corrected chi connectivity index (χ3v) is 6.54. The summed E-state index contributed by atoms with van der Waals surface area (Å²) in [6.45, 7) is -0.500. The lowest BCUT2D eigenvalue weighted by Gasteiger charge is -2.12. The third-order valence-electron chi connectivity index (χ3n) is 3.40. The molecule has 0 radical (unpaired) electrons. The maximum atomic E-state index is 12.5. The van der Waals surface area contributed by atoms with Gasteiger partial charge >= 0.3 is 0 Å². The number of primary sulfonamides is 1. The van der Waals surface area contributed by atoms with Crippen molar-refractivity contribution in [1.29, 1.82) is 0 Å². The number of nitrogens with one attached hydrogen (secondary N) is 1. The number of halogens is 2. The van der Waals surface area contributed by atoms with Gasteiger partial charge < -0.3 is 4.74 Å². The van der Waals surface area contributed by atoms with Gasteiger partial charge in [-0.05, 0) is 46.3 Å². The predicted molar refractivity (Wildman–Crippen MR) is 103 cm³/mol. The first-order valence-electron chi connectivity index (χ1n) is 7.73. The van der Waals surface area contributed by atoms with Gasteiger partial charge in [-0.2, -0.15) is 0 Å². The summed E-state index contributed by atoms with van der Waals surface area (Å²) in [5.74, 6) is -0.782. The summed E-state index contributed by atoms with van der Waals surface area (Å²) in [5, 5.41) is 5.04. The molecule has 8 nitrogen and oxygen atoms in total. The summed E-state index contributed by atoms with van der Waals surface area (Å²) in [6, 6.07) is 8.71. The van der Waals surface area contributed by atoms with E-state index in [9.17, 15) is 26.0 Å². The van der Waals surface area contributed by atoms with Crippen LogP contribution in [0.2, 0.25) is 0 Å². The Labute approximate surface area is 170 Å². The molecule has 0 bridgehead atoms. The number of alkyl halides is 1. The van der Waals surface area contributed by atoms with Gasteiger partial charge in [-0.3, -0.25) is 9.18 Å². The van der Waals surface area contributed by atoms with E-state index >= 15 is 0 Å². The highest BCUT2D eigenvalue weighted by Gasteiger charge is 2.26. The van der Waals surface area contributed by atoms with Crippen molar-refractivity contribution >= 4 is 41.9 Å². The minimum Gasteiger partial charge on any atom is -0.492 e. The lowest BCUT2D eigenvalue weighted by Crippen LogP contribution is -2.32. The molecule has 0 heterocycles. The highest BCUT2D eigenvalue weighted by molar-refractivity contribution is 9.10. The van der Waals surface area contributed by atoms with Crippen molar-refractivity contribution in [3.05, 3.63) is 52.5 Å². The van der Waals surface area contributed by atoms with Gasteiger partial charge in [0.25, 0.3) is 15.9 Å². The Hall–Kier alpha value is -2.02. The average Bonchev–Trinajstić information content (AvgIpc) is 2.62. The molecule has 2 aromatic rings. The molecule has 3 N–H and O–H groups in total. The Morgan fingerprint density at radius 1 is 1.11 bits per heavy atom. The van der Waals surface area contributed by atoms with Crippen LogP contribution in [-0.2, 0) is 20.0 Å². The second-order valence-electron chi connectivity index (χ2n) is 5.46. The Morgan fingerprint density at radius 2 is 1.75 bits per heavy atom. The molecule has 0 saturated heterocycles. The lowest BCUT2D eigenvalue weighted by molar-refractivity contribution is 0.0980. The minimum absolute atomic E-state index is 0.0601. The molecular weight excluding hydrogens is 479 g/mol. The molecule has 0 spiro atoms. The molecule has 0 aromatic heterocycles. The number of sulfonamides is 2. The first-order chi connectivity index (χ1) is 13.1. The maximum absolute atomic E-state index is 12.5. The number of hydrogen-bond donors (Lipinski definition) is 2. The number of carbonyl (C=O) groups is 1. The smallest absolute Gasteiger partial charge is 0.265 e. The van der Waals surface area contributed by atoms with Gasteiger partial charge in [0.05, 0.1) is 17.8 Å². The van der Waals surface area contributed by atoms with Crippen LogP contribution in [0.1, 0.15) is 16.8 Å². The molecule has 0 saturated carbocycles. The van der Waals surface area contributed by atoms with E-state index in [2.05, 4.69) is 15.9 Å². The molecule has 0 aliphatic heterocycles. The van der Waals surface area contributed by atoms with Gasteiger partial charge in [-0.15, -0.1) is 0 Å². The van der Waals surface area contributed by atoms with Crippen LogP contribution in [0.15, 0.2) is 56.7 Å². The number of amides is 1. The molecular formula is C16H16BrFN2O6S2. The summed E-state index contributed by atoms with van der Waals surface area (Å²) >= 11 is 3.21. The fourth-order valence-corrected chi connectivity index (χ4v) is 4.85. The first-order valence-corrected chi connectivity index (χ1v) is 11.6. The highest BCUT2D eigenvalue weighted by atomic mass is 79.9. The Morgan fingerprint density at radius 3 is 2.36 bits per heavy atom. The van der Waals surface area contributed by atoms with Gasteiger partial charge in [0.15, 0.2) is 0 Å². The molecule has 28 heavy (non-hydrogen) atoms. The molecule has 12 heteroatoms. The van der Waals surface area contributed by atoms with Crippen LogP contribution in [0, 0.1) is 0 Å². The van der Waals surface area contributed by atoms with Gasteiger partial charge in [0, 0.05) is 12.0 Å². The van der Waals surface area contributed by atoms with Crippen LogP contribution in [0.25, 0.3) is 0 Å². The van der Waals surface area contributed by atoms with Gasteiger partial charge in [0.1, 0.15) is 15.5 Å². The first kappa shape index (κ1) is 22.3. The monoisotopic (exact) mass is 494 g/mol. The molecule has 1 amide bonds. The fraction of sp³-hybridized carbons (Fsp3) is 0.188. The summed E-state index contributed by atoms with van der Waals surface area (Å²) in [4.78, 5) is 11.1. The van der Waals surface area contributed by atoms with E-state index in [1.165, 1.54) is 30.3 Å². The van der Waals surface area contributed by atoms with Crippen LogP contribution in [0.4, 0.5) is 4.39 Å². The fourth-order valence-electron chi connectivity index (χ4n) is 2.14. The summed E-state index contributed by atoms with van der Waals surface area (Å²) in [7, 11) is -8.86. The quantitative estimate of drug-likeness (QED) is 0.538. The molecule has 2 aromatic carbocycles. The lowest BCUT2D eigenvalue weighted by atomic mass is 10.2. The maximum Gasteiger partial charge on any atom is 0.265 e. The van der Waals surface area contributed by atoms with Crippen LogP contribution in [0.5, 0.6) is 5.75 Å². The van der Waals surface area contributed by atoms with E-state index in [1.54, 1.807) is 4.72 Å². The van der Waals surface area contributed by atoms with Crippen molar-refractivity contribution in [3.8, 4) is 5.75 Å². The Balaban J connectivity index is 2.31. The van der Waals surface area contributed by atoms with Crippen LogP contribution in [-0.4, -0.2) is 36.0 Å². The summed E-state index contributed by atoms with van der Waals surface area (Å²) < 4.78 is 68.1. The molecule has 0 atom stereocenters. The van der Waals surface area contributed by atoms with Crippen molar-refractivity contribution < 1.29 is 30.8 Å². The summed E-state index contributed by atoms with van der Waals surface area (Å²) in [6.07, 6.45) is 0.154. The molecule has 2 rings (SSSR count).